The first kappa shape index (κ1) is 13.2. The van der Waals surface area contributed by atoms with Crippen molar-refractivity contribution in [1.29, 1.82) is 0 Å². The van der Waals surface area contributed by atoms with Gasteiger partial charge in [-0.3, -0.25) is 4.40 Å². The number of hydrogen-bond acceptors (Lipinski definition) is 4. The van der Waals surface area contributed by atoms with Crippen LogP contribution in [0.15, 0.2) is 40.9 Å². The highest BCUT2D eigenvalue weighted by Crippen LogP contribution is 2.25. The Kier molecular flexibility index (Phi) is 3.50. The predicted molar refractivity (Wildman–Crippen MR) is 80.8 cm³/mol. The number of thioether (sulfide) groups is 1. The van der Waals surface area contributed by atoms with E-state index in [1.54, 1.807) is 36.1 Å². The Morgan fingerprint density at radius 2 is 2.35 bits per heavy atom. The summed E-state index contributed by atoms with van der Waals surface area (Å²) >= 11 is 3.20. The van der Waals surface area contributed by atoms with E-state index >= 15 is 0 Å². The van der Waals surface area contributed by atoms with Gasteiger partial charge in [0.05, 0.1) is 11.3 Å². The van der Waals surface area contributed by atoms with Gasteiger partial charge in [0.2, 0.25) is 0 Å². The molecule has 0 aliphatic carbocycles. The third-order valence-electron chi connectivity index (χ3n) is 2.97. The van der Waals surface area contributed by atoms with Crippen LogP contribution in [0.25, 0.3) is 4.96 Å². The summed E-state index contributed by atoms with van der Waals surface area (Å²) in [6.45, 7) is 1.81. The van der Waals surface area contributed by atoms with Crippen LogP contribution in [0.3, 0.4) is 0 Å². The second kappa shape index (κ2) is 5.30. The molecule has 0 spiro atoms. The molecule has 0 atom stereocenters. The summed E-state index contributed by atoms with van der Waals surface area (Å²) in [5, 5.41) is 11.1. The Labute approximate surface area is 124 Å². The van der Waals surface area contributed by atoms with Gasteiger partial charge in [-0.2, -0.15) is 0 Å². The maximum atomic E-state index is 11.1. The molecule has 20 heavy (non-hydrogen) atoms. The van der Waals surface area contributed by atoms with Crippen molar-refractivity contribution in [2.75, 3.05) is 0 Å². The predicted octanol–water partition coefficient (Wildman–Crippen LogP) is 3.69. The molecular formula is C14H12N2O2S2. The number of hydrogen-bond donors (Lipinski definition) is 1. The average molecular weight is 304 g/mol. The number of thiazole rings is 1. The fourth-order valence-electron chi connectivity index (χ4n) is 1.92. The van der Waals surface area contributed by atoms with E-state index < -0.39 is 5.97 Å². The number of fused-ring (bicyclic) bond motifs is 1. The second-order valence-electron chi connectivity index (χ2n) is 4.40. The molecule has 1 aromatic carbocycles. The lowest BCUT2D eigenvalue weighted by Crippen LogP contribution is -1.99. The van der Waals surface area contributed by atoms with Gasteiger partial charge in [-0.15, -0.1) is 23.1 Å². The van der Waals surface area contributed by atoms with Gasteiger partial charge in [0.15, 0.2) is 4.96 Å². The summed E-state index contributed by atoms with van der Waals surface area (Å²) in [5.41, 5.74) is 2.14. The van der Waals surface area contributed by atoms with Crippen LogP contribution >= 0.6 is 23.1 Å². The summed E-state index contributed by atoms with van der Waals surface area (Å²) in [5.74, 6) is -0.149. The monoisotopic (exact) mass is 304 g/mol. The smallest absolute Gasteiger partial charge is 0.335 e. The maximum absolute atomic E-state index is 11.1. The quantitative estimate of drug-likeness (QED) is 0.747. The van der Waals surface area contributed by atoms with Crippen LogP contribution in [0.5, 0.6) is 0 Å². The van der Waals surface area contributed by atoms with Crippen molar-refractivity contribution in [2.24, 2.45) is 0 Å². The van der Waals surface area contributed by atoms with Gasteiger partial charge < -0.3 is 5.11 Å². The minimum absolute atomic E-state index is 0.362. The Bertz CT molecular complexity index is 748. The van der Waals surface area contributed by atoms with E-state index in [2.05, 4.69) is 4.98 Å². The van der Waals surface area contributed by atoms with Crippen LogP contribution in [0.4, 0.5) is 0 Å². The standard InChI is InChI=1S/C14H12N2O2S2/c1-9-2-3-11(6-12(9)13(17)18)20-8-10-7-16-4-5-19-14(16)15-10/h2-7H,8H2,1H3,(H,17,18). The van der Waals surface area contributed by atoms with E-state index in [0.717, 1.165) is 26.9 Å². The average Bonchev–Trinajstić information content (AvgIpc) is 2.98. The number of carbonyl (C=O) groups is 1. The molecule has 2 heterocycles. The van der Waals surface area contributed by atoms with Crippen LogP contribution in [0, 0.1) is 6.92 Å². The number of carboxylic acids is 1. The third-order valence-corrected chi connectivity index (χ3v) is 4.77. The number of benzene rings is 1. The lowest BCUT2D eigenvalue weighted by Gasteiger charge is -2.04. The molecule has 0 bridgehead atoms. The molecule has 0 amide bonds. The van der Waals surface area contributed by atoms with Gasteiger partial charge in [-0.05, 0) is 24.6 Å². The van der Waals surface area contributed by atoms with Crippen molar-refractivity contribution in [2.45, 2.75) is 17.6 Å². The molecule has 2 aromatic heterocycles. The highest BCUT2D eigenvalue weighted by atomic mass is 32.2. The van der Waals surface area contributed by atoms with Gasteiger partial charge in [0.1, 0.15) is 0 Å². The van der Waals surface area contributed by atoms with E-state index in [0.29, 0.717) is 5.56 Å². The number of aryl methyl sites for hydroxylation is 1. The fourth-order valence-corrected chi connectivity index (χ4v) is 3.46. The summed E-state index contributed by atoms with van der Waals surface area (Å²) in [6.07, 6.45) is 3.99. The number of rotatable bonds is 4. The Hall–Kier alpha value is -1.79. The first-order valence-electron chi connectivity index (χ1n) is 6.01. The molecule has 0 fully saturated rings. The molecule has 3 aromatic rings. The zero-order valence-corrected chi connectivity index (χ0v) is 12.4. The van der Waals surface area contributed by atoms with Gasteiger partial charge in [-0.1, -0.05) is 6.07 Å². The number of nitrogens with zero attached hydrogens (tertiary/aromatic N) is 2. The lowest BCUT2D eigenvalue weighted by molar-refractivity contribution is 0.0696. The van der Waals surface area contributed by atoms with Crippen LogP contribution in [-0.2, 0) is 5.75 Å². The van der Waals surface area contributed by atoms with Gasteiger partial charge in [0.25, 0.3) is 0 Å². The van der Waals surface area contributed by atoms with E-state index in [1.807, 2.05) is 34.3 Å². The second-order valence-corrected chi connectivity index (χ2v) is 6.32. The van der Waals surface area contributed by atoms with Crippen molar-refractivity contribution in [1.82, 2.24) is 9.38 Å². The van der Waals surface area contributed by atoms with Gasteiger partial charge in [-0.25, -0.2) is 9.78 Å². The van der Waals surface area contributed by atoms with E-state index in [4.69, 9.17) is 5.11 Å². The number of carboxylic acid groups (broad SMARTS) is 1. The summed E-state index contributed by atoms with van der Waals surface area (Å²) in [6, 6.07) is 5.52. The molecule has 0 saturated carbocycles. The molecule has 0 aliphatic rings. The Balaban J connectivity index is 1.76. The van der Waals surface area contributed by atoms with Gasteiger partial charge >= 0.3 is 5.97 Å². The molecule has 1 N–H and O–H groups in total. The van der Waals surface area contributed by atoms with E-state index in [1.165, 1.54) is 0 Å². The van der Waals surface area contributed by atoms with Crippen LogP contribution in [0.1, 0.15) is 21.6 Å². The molecule has 102 valence electrons. The van der Waals surface area contributed by atoms with Gasteiger partial charge in [0, 0.05) is 28.4 Å². The highest BCUT2D eigenvalue weighted by Gasteiger charge is 2.09. The maximum Gasteiger partial charge on any atom is 0.335 e. The number of imidazole rings is 1. The number of aromatic nitrogens is 2. The summed E-state index contributed by atoms with van der Waals surface area (Å²) in [7, 11) is 0. The first-order chi connectivity index (χ1) is 9.63. The zero-order chi connectivity index (χ0) is 14.1. The Morgan fingerprint density at radius 1 is 1.50 bits per heavy atom. The minimum atomic E-state index is -0.882. The molecule has 0 aliphatic heterocycles. The SMILES string of the molecule is Cc1ccc(SCc2cn3ccsc3n2)cc1C(=O)O. The normalized spacial score (nSPS) is 11.1. The van der Waals surface area contributed by atoms with Crippen LogP contribution in [-0.4, -0.2) is 20.5 Å². The first-order valence-corrected chi connectivity index (χ1v) is 7.88. The van der Waals surface area contributed by atoms with Crippen LogP contribution < -0.4 is 0 Å². The highest BCUT2D eigenvalue weighted by molar-refractivity contribution is 7.98. The molecule has 0 radical (unpaired) electrons. The fraction of sp³-hybridized carbons (Fsp3) is 0.143. The zero-order valence-electron chi connectivity index (χ0n) is 10.7. The van der Waals surface area contributed by atoms with Crippen molar-refractivity contribution in [3.05, 3.63) is 52.8 Å². The van der Waals surface area contributed by atoms with Crippen molar-refractivity contribution < 1.29 is 9.90 Å². The molecule has 0 unspecified atom stereocenters. The third kappa shape index (κ3) is 2.57. The molecule has 4 nitrogen and oxygen atoms in total. The summed E-state index contributed by atoms with van der Waals surface area (Å²) < 4.78 is 2.00. The van der Waals surface area contributed by atoms with E-state index in [-0.39, 0.29) is 0 Å². The molecule has 0 saturated heterocycles. The minimum Gasteiger partial charge on any atom is -0.478 e. The number of aromatic carboxylic acids is 1. The molecule has 6 heteroatoms. The topological polar surface area (TPSA) is 54.6 Å². The molecule has 3 rings (SSSR count). The van der Waals surface area contributed by atoms with Crippen molar-refractivity contribution in [3.8, 4) is 0 Å². The Morgan fingerprint density at radius 3 is 3.10 bits per heavy atom. The van der Waals surface area contributed by atoms with Crippen molar-refractivity contribution in [3.63, 3.8) is 0 Å². The largest absolute Gasteiger partial charge is 0.478 e. The molecular weight excluding hydrogens is 292 g/mol. The lowest BCUT2D eigenvalue weighted by atomic mass is 10.1. The van der Waals surface area contributed by atoms with E-state index in [9.17, 15) is 4.79 Å². The summed E-state index contributed by atoms with van der Waals surface area (Å²) in [4.78, 5) is 17.5. The van der Waals surface area contributed by atoms with Crippen LogP contribution in [0.2, 0.25) is 0 Å². The van der Waals surface area contributed by atoms with Crippen molar-refractivity contribution >= 4 is 34.0 Å².